The van der Waals surface area contributed by atoms with Crippen LogP contribution >= 0.6 is 0 Å². The molecular weight excluding hydrogens is 482 g/mol. The molecule has 186 valence electrons. The summed E-state index contributed by atoms with van der Waals surface area (Å²) < 4.78 is 42.0. The number of hydrogen-bond donors (Lipinski definition) is 2. The van der Waals surface area contributed by atoms with Crippen molar-refractivity contribution < 1.29 is 27.1 Å². The number of para-hydroxylation sites is 1. The first-order valence-electron chi connectivity index (χ1n) is 11.1. The molecule has 0 saturated carbocycles. The van der Waals surface area contributed by atoms with Crippen molar-refractivity contribution in [3.63, 3.8) is 0 Å². The Hall–Kier alpha value is -4.31. The largest absolute Gasteiger partial charge is 0.493 e. The Morgan fingerprint density at radius 2 is 1.67 bits per heavy atom. The van der Waals surface area contributed by atoms with Gasteiger partial charge < -0.3 is 19.2 Å². The number of anilines is 1. The Labute approximate surface area is 208 Å². The van der Waals surface area contributed by atoms with Gasteiger partial charge in [0, 0.05) is 17.1 Å². The zero-order valence-electron chi connectivity index (χ0n) is 19.9. The van der Waals surface area contributed by atoms with Crippen molar-refractivity contribution in [2.45, 2.75) is 18.2 Å². The van der Waals surface area contributed by atoms with Crippen LogP contribution in [0.15, 0.2) is 87.2 Å². The zero-order valence-corrected chi connectivity index (χ0v) is 20.8. The van der Waals surface area contributed by atoms with Crippen molar-refractivity contribution >= 4 is 32.6 Å². The van der Waals surface area contributed by atoms with Crippen LogP contribution in [0, 0.1) is 0 Å². The number of fused-ring (bicyclic) bond motifs is 1. The predicted molar refractivity (Wildman–Crippen MR) is 135 cm³/mol. The molecule has 0 fully saturated rings. The fourth-order valence-corrected chi connectivity index (χ4v) is 4.29. The van der Waals surface area contributed by atoms with E-state index in [-0.39, 0.29) is 21.8 Å². The maximum atomic E-state index is 13.1. The van der Waals surface area contributed by atoms with Crippen molar-refractivity contribution in [1.82, 2.24) is 4.83 Å². The van der Waals surface area contributed by atoms with Crippen molar-refractivity contribution in [2.75, 3.05) is 19.5 Å². The van der Waals surface area contributed by atoms with E-state index in [0.717, 1.165) is 12.0 Å². The van der Waals surface area contributed by atoms with Crippen LogP contribution in [0.1, 0.15) is 22.8 Å². The second-order valence-corrected chi connectivity index (χ2v) is 9.39. The molecule has 2 N–H and O–H groups in total. The number of carbonyl (C=O) groups is 1. The van der Waals surface area contributed by atoms with E-state index in [2.05, 4.69) is 15.2 Å². The third kappa shape index (κ3) is 5.33. The highest BCUT2D eigenvalue weighted by atomic mass is 32.2. The average Bonchev–Trinajstić information content (AvgIpc) is 2.91. The van der Waals surface area contributed by atoms with Gasteiger partial charge in [-0.1, -0.05) is 37.3 Å². The van der Waals surface area contributed by atoms with Gasteiger partial charge in [0.05, 0.1) is 19.1 Å². The van der Waals surface area contributed by atoms with Crippen LogP contribution in [0.3, 0.4) is 0 Å². The summed E-state index contributed by atoms with van der Waals surface area (Å²) in [6.07, 6.45) is 0.876. The number of amides is 1. The number of hydrogen-bond acceptors (Lipinski definition) is 7. The van der Waals surface area contributed by atoms with E-state index in [1.54, 1.807) is 42.5 Å². The van der Waals surface area contributed by atoms with Crippen molar-refractivity contribution in [1.29, 1.82) is 0 Å². The molecule has 0 saturated heterocycles. The van der Waals surface area contributed by atoms with Crippen molar-refractivity contribution in [2.24, 2.45) is 5.10 Å². The smallest absolute Gasteiger partial charge is 0.276 e. The lowest BCUT2D eigenvalue weighted by molar-refractivity contribution is 0.102. The second-order valence-electron chi connectivity index (χ2n) is 7.73. The van der Waals surface area contributed by atoms with Crippen LogP contribution in [-0.4, -0.2) is 28.5 Å². The first-order chi connectivity index (χ1) is 17.3. The SMILES string of the molecule is CCc1ccc(NC(=O)c2cc3ccccc3o/c2=N/NS(=O)(=O)c2ccc(OC)c(OC)c2)cc1. The maximum Gasteiger partial charge on any atom is 0.276 e. The van der Waals surface area contributed by atoms with Gasteiger partial charge in [0.2, 0.25) is 5.55 Å². The number of nitrogens with one attached hydrogen (secondary N) is 2. The van der Waals surface area contributed by atoms with Gasteiger partial charge in [-0.2, -0.15) is 13.2 Å². The van der Waals surface area contributed by atoms with Crippen LogP contribution in [0.5, 0.6) is 11.5 Å². The summed E-state index contributed by atoms with van der Waals surface area (Å²) in [4.78, 5) is 15.2. The van der Waals surface area contributed by atoms with Gasteiger partial charge in [-0.05, 0) is 48.4 Å². The molecule has 0 radical (unpaired) electrons. The van der Waals surface area contributed by atoms with Gasteiger partial charge in [0.15, 0.2) is 11.5 Å². The molecule has 0 bridgehead atoms. The summed E-state index contributed by atoms with van der Waals surface area (Å²) in [7, 11) is -1.27. The Balaban J connectivity index is 1.72. The third-order valence-corrected chi connectivity index (χ3v) is 6.66. The number of rotatable bonds is 8. The Bertz CT molecular complexity index is 1580. The number of ether oxygens (including phenoxy) is 2. The average molecular weight is 508 g/mol. The summed E-state index contributed by atoms with van der Waals surface area (Å²) in [6, 6.07) is 20.2. The van der Waals surface area contributed by atoms with Gasteiger partial charge >= 0.3 is 0 Å². The molecule has 0 unspecified atom stereocenters. The normalized spacial score (nSPS) is 11.8. The minimum Gasteiger partial charge on any atom is -0.493 e. The number of nitrogens with zero attached hydrogens (tertiary/aromatic N) is 1. The lowest BCUT2D eigenvalue weighted by Crippen LogP contribution is -2.27. The van der Waals surface area contributed by atoms with Gasteiger partial charge in [-0.3, -0.25) is 4.79 Å². The van der Waals surface area contributed by atoms with E-state index in [4.69, 9.17) is 13.9 Å². The number of benzene rings is 3. The Morgan fingerprint density at radius 1 is 0.944 bits per heavy atom. The van der Waals surface area contributed by atoms with Gasteiger partial charge in [-0.25, -0.2) is 0 Å². The molecule has 0 aliphatic heterocycles. The molecule has 0 spiro atoms. The van der Waals surface area contributed by atoms with E-state index < -0.39 is 15.9 Å². The fraction of sp³-hybridized carbons (Fsp3) is 0.154. The van der Waals surface area contributed by atoms with Crippen LogP contribution in [0.25, 0.3) is 11.0 Å². The van der Waals surface area contributed by atoms with Gasteiger partial charge in [0.1, 0.15) is 11.1 Å². The minimum atomic E-state index is -4.12. The molecule has 4 aromatic rings. The Kier molecular flexibility index (Phi) is 7.25. The zero-order chi connectivity index (χ0) is 25.7. The summed E-state index contributed by atoms with van der Waals surface area (Å²) >= 11 is 0. The molecule has 4 rings (SSSR count). The van der Waals surface area contributed by atoms with E-state index in [9.17, 15) is 13.2 Å². The van der Waals surface area contributed by atoms with Gasteiger partial charge in [0.25, 0.3) is 15.9 Å². The number of sulfonamides is 1. The highest BCUT2D eigenvalue weighted by Gasteiger charge is 2.18. The molecule has 0 aliphatic carbocycles. The lowest BCUT2D eigenvalue weighted by Gasteiger charge is -2.10. The topological polar surface area (TPSA) is 119 Å². The summed E-state index contributed by atoms with van der Waals surface area (Å²) in [5, 5.41) is 7.42. The molecule has 9 nitrogen and oxygen atoms in total. The van der Waals surface area contributed by atoms with E-state index >= 15 is 0 Å². The molecule has 1 aromatic heterocycles. The first kappa shape index (κ1) is 24.8. The van der Waals surface area contributed by atoms with E-state index in [0.29, 0.717) is 22.4 Å². The molecule has 0 atom stereocenters. The quantitative estimate of drug-likeness (QED) is 0.347. The van der Waals surface area contributed by atoms with Crippen LogP contribution < -0.4 is 25.2 Å². The predicted octanol–water partition coefficient (Wildman–Crippen LogP) is 4.06. The number of carbonyl (C=O) groups excluding carboxylic acids is 1. The highest BCUT2D eigenvalue weighted by Crippen LogP contribution is 2.29. The summed E-state index contributed by atoms with van der Waals surface area (Å²) in [5.41, 5.74) is 2.02. The fourth-order valence-electron chi connectivity index (χ4n) is 3.47. The molecule has 36 heavy (non-hydrogen) atoms. The lowest BCUT2D eigenvalue weighted by atomic mass is 10.1. The molecular formula is C26H25N3O6S. The number of methoxy groups -OCH3 is 2. The van der Waals surface area contributed by atoms with Crippen LogP contribution in [0.4, 0.5) is 5.69 Å². The van der Waals surface area contributed by atoms with Crippen LogP contribution in [0.2, 0.25) is 0 Å². The van der Waals surface area contributed by atoms with Crippen molar-refractivity contribution in [3.8, 4) is 11.5 Å². The van der Waals surface area contributed by atoms with E-state index in [1.807, 2.05) is 19.1 Å². The first-order valence-corrected chi connectivity index (χ1v) is 12.5. The third-order valence-electron chi connectivity index (χ3n) is 5.45. The van der Waals surface area contributed by atoms with Crippen LogP contribution in [-0.2, 0) is 16.4 Å². The number of aryl methyl sites for hydroxylation is 1. The molecule has 1 amide bonds. The summed E-state index contributed by atoms with van der Waals surface area (Å²) in [6.45, 7) is 2.04. The monoisotopic (exact) mass is 507 g/mol. The van der Waals surface area contributed by atoms with Crippen molar-refractivity contribution in [3.05, 3.63) is 89.5 Å². The highest BCUT2D eigenvalue weighted by molar-refractivity contribution is 7.89. The molecule has 10 heteroatoms. The maximum absolute atomic E-state index is 13.1. The minimum absolute atomic E-state index is 0.0586. The van der Waals surface area contributed by atoms with E-state index in [1.165, 1.54) is 32.4 Å². The summed E-state index contributed by atoms with van der Waals surface area (Å²) in [5.74, 6) is 0.117. The second kappa shape index (κ2) is 10.5. The van der Waals surface area contributed by atoms with Gasteiger partial charge in [-0.15, -0.1) is 5.10 Å². The standard InChI is InChI=1S/C26H25N3O6S/c1-4-17-9-11-19(12-10-17)27-25(30)21-15-18-7-5-6-8-22(18)35-26(21)28-29-36(31,32)20-13-14-23(33-2)24(16-20)34-3/h5-16,29H,4H2,1-3H3,(H,27,30)/b28-26+. The molecule has 1 heterocycles. The molecule has 0 aliphatic rings. The molecule has 3 aromatic carbocycles. The Morgan fingerprint density at radius 3 is 2.36 bits per heavy atom.